The summed E-state index contributed by atoms with van der Waals surface area (Å²) in [6.45, 7) is 1.46. The van der Waals surface area contributed by atoms with Gasteiger partial charge < -0.3 is 4.74 Å². The first-order valence-corrected chi connectivity index (χ1v) is 7.34. The molecule has 0 spiro atoms. The molecule has 0 bridgehead atoms. The largest absolute Gasteiger partial charge is 0.465 e. The molecule has 0 aliphatic carbocycles. The van der Waals surface area contributed by atoms with Crippen LogP contribution in [-0.4, -0.2) is 35.8 Å². The number of hydrogen-bond acceptors (Lipinski definition) is 4. The Balaban J connectivity index is 2.22. The number of hydrogen-bond donors (Lipinski definition) is 0. The van der Waals surface area contributed by atoms with Gasteiger partial charge in [-0.1, -0.05) is 35.3 Å². The highest BCUT2D eigenvalue weighted by Gasteiger charge is 2.35. The zero-order valence-electron chi connectivity index (χ0n) is 11.8. The molecule has 1 aliphatic heterocycles. The summed E-state index contributed by atoms with van der Waals surface area (Å²) >= 11 is 12.0. The van der Waals surface area contributed by atoms with Gasteiger partial charge in [0, 0.05) is 5.57 Å². The minimum absolute atomic E-state index is 0.0823. The Morgan fingerprint density at radius 3 is 2.77 bits per heavy atom. The first-order valence-electron chi connectivity index (χ1n) is 6.59. The van der Waals surface area contributed by atoms with Crippen molar-refractivity contribution in [1.82, 2.24) is 4.90 Å². The first-order chi connectivity index (χ1) is 10.4. The SMILES string of the molecule is CCOC(=O)CN1C(=O)C/C(=C\c2cccc(Cl)c2Cl)C1=O. The van der Waals surface area contributed by atoms with Gasteiger partial charge in [-0.25, -0.2) is 0 Å². The summed E-state index contributed by atoms with van der Waals surface area (Å²) in [6.07, 6.45) is 1.43. The average Bonchev–Trinajstić information content (AvgIpc) is 2.72. The molecule has 1 fully saturated rings. The summed E-state index contributed by atoms with van der Waals surface area (Å²) in [5.41, 5.74) is 0.807. The Kier molecular flexibility index (Phi) is 5.21. The molecule has 1 saturated heterocycles. The Morgan fingerprint density at radius 1 is 1.36 bits per heavy atom. The van der Waals surface area contributed by atoms with Gasteiger partial charge in [0.05, 0.1) is 23.1 Å². The lowest BCUT2D eigenvalue weighted by atomic mass is 10.1. The van der Waals surface area contributed by atoms with E-state index in [1.807, 2.05) is 0 Å². The first kappa shape index (κ1) is 16.5. The van der Waals surface area contributed by atoms with Crippen LogP contribution >= 0.6 is 23.2 Å². The summed E-state index contributed by atoms with van der Waals surface area (Å²) in [6, 6.07) is 5.01. The number of carbonyl (C=O) groups is 3. The van der Waals surface area contributed by atoms with Crippen LogP contribution in [0.2, 0.25) is 10.0 Å². The number of halogens is 2. The van der Waals surface area contributed by atoms with Crippen molar-refractivity contribution in [3.8, 4) is 0 Å². The average molecular weight is 342 g/mol. The number of nitrogens with zero attached hydrogens (tertiary/aromatic N) is 1. The van der Waals surface area contributed by atoms with Crippen LogP contribution in [0.5, 0.6) is 0 Å². The lowest BCUT2D eigenvalue weighted by Gasteiger charge is -2.11. The Morgan fingerprint density at radius 2 is 2.09 bits per heavy atom. The monoisotopic (exact) mass is 341 g/mol. The van der Waals surface area contributed by atoms with Crippen molar-refractivity contribution >= 4 is 47.1 Å². The van der Waals surface area contributed by atoms with E-state index in [1.54, 1.807) is 25.1 Å². The number of benzene rings is 1. The van der Waals surface area contributed by atoms with E-state index in [0.29, 0.717) is 15.6 Å². The van der Waals surface area contributed by atoms with Crippen LogP contribution in [0, 0.1) is 0 Å². The molecule has 1 aromatic carbocycles. The lowest BCUT2D eigenvalue weighted by molar-refractivity contribution is -0.151. The summed E-state index contributed by atoms with van der Waals surface area (Å²) in [7, 11) is 0. The minimum Gasteiger partial charge on any atom is -0.465 e. The van der Waals surface area contributed by atoms with Crippen LogP contribution in [-0.2, 0) is 19.1 Å². The van der Waals surface area contributed by atoms with Gasteiger partial charge in [0.15, 0.2) is 0 Å². The summed E-state index contributed by atoms with van der Waals surface area (Å²) < 4.78 is 4.75. The second-order valence-electron chi connectivity index (χ2n) is 4.58. The molecule has 1 heterocycles. The van der Waals surface area contributed by atoms with E-state index in [-0.39, 0.29) is 25.1 Å². The van der Waals surface area contributed by atoms with Crippen molar-refractivity contribution in [2.24, 2.45) is 0 Å². The van der Waals surface area contributed by atoms with E-state index in [0.717, 1.165) is 4.90 Å². The van der Waals surface area contributed by atoms with E-state index in [9.17, 15) is 14.4 Å². The summed E-state index contributed by atoms with van der Waals surface area (Å²) in [4.78, 5) is 36.4. The van der Waals surface area contributed by atoms with E-state index >= 15 is 0 Å². The van der Waals surface area contributed by atoms with Gasteiger partial charge in [-0.3, -0.25) is 19.3 Å². The highest BCUT2D eigenvalue weighted by molar-refractivity contribution is 6.43. The molecular weight excluding hydrogens is 329 g/mol. The second kappa shape index (κ2) is 6.94. The van der Waals surface area contributed by atoms with Gasteiger partial charge in [-0.15, -0.1) is 0 Å². The zero-order chi connectivity index (χ0) is 16.3. The number of carbonyl (C=O) groups excluding carboxylic acids is 3. The number of ether oxygens (including phenoxy) is 1. The Labute approximate surface area is 137 Å². The number of likely N-dealkylation sites (tertiary alicyclic amines) is 1. The molecule has 0 saturated carbocycles. The van der Waals surface area contributed by atoms with Crippen molar-refractivity contribution in [3.63, 3.8) is 0 Å². The fraction of sp³-hybridized carbons (Fsp3) is 0.267. The maximum Gasteiger partial charge on any atom is 0.326 e. The van der Waals surface area contributed by atoms with Crippen LogP contribution in [0.4, 0.5) is 0 Å². The zero-order valence-corrected chi connectivity index (χ0v) is 13.3. The Bertz CT molecular complexity index is 670. The molecule has 22 heavy (non-hydrogen) atoms. The Hall–Kier alpha value is -1.85. The maximum atomic E-state index is 12.2. The molecular formula is C15H13Cl2NO4. The number of esters is 1. The maximum absolute atomic E-state index is 12.2. The van der Waals surface area contributed by atoms with Gasteiger partial charge in [-0.05, 0) is 24.6 Å². The van der Waals surface area contributed by atoms with Gasteiger partial charge in [0.2, 0.25) is 5.91 Å². The molecule has 0 atom stereocenters. The third-order valence-electron chi connectivity index (χ3n) is 3.07. The molecule has 0 unspecified atom stereocenters. The smallest absolute Gasteiger partial charge is 0.326 e. The van der Waals surface area contributed by atoms with Crippen LogP contribution in [0.15, 0.2) is 23.8 Å². The van der Waals surface area contributed by atoms with Crippen LogP contribution < -0.4 is 0 Å². The van der Waals surface area contributed by atoms with Crippen LogP contribution in [0.3, 0.4) is 0 Å². The molecule has 0 radical (unpaired) electrons. The fourth-order valence-corrected chi connectivity index (χ4v) is 2.41. The van der Waals surface area contributed by atoms with Crippen molar-refractivity contribution < 1.29 is 19.1 Å². The molecule has 1 aromatic rings. The summed E-state index contributed by atoms with van der Waals surface area (Å²) in [5.74, 6) is -1.58. The number of rotatable bonds is 4. The van der Waals surface area contributed by atoms with E-state index in [1.165, 1.54) is 6.08 Å². The molecule has 116 valence electrons. The molecule has 5 nitrogen and oxygen atoms in total. The second-order valence-corrected chi connectivity index (χ2v) is 5.36. The summed E-state index contributed by atoms with van der Waals surface area (Å²) in [5, 5.41) is 0.664. The third kappa shape index (κ3) is 3.48. The highest BCUT2D eigenvalue weighted by atomic mass is 35.5. The van der Waals surface area contributed by atoms with Crippen molar-refractivity contribution in [2.75, 3.05) is 13.2 Å². The van der Waals surface area contributed by atoms with Gasteiger partial charge in [0.25, 0.3) is 5.91 Å². The normalized spacial score (nSPS) is 16.5. The number of imide groups is 1. The standard InChI is InChI=1S/C15H13Cl2NO4/c1-2-22-13(20)8-18-12(19)7-10(15(18)21)6-9-4-3-5-11(16)14(9)17/h3-6H,2,7-8H2,1H3/b10-6+. The van der Waals surface area contributed by atoms with Gasteiger partial charge >= 0.3 is 5.97 Å². The van der Waals surface area contributed by atoms with Gasteiger partial charge in [-0.2, -0.15) is 0 Å². The lowest BCUT2D eigenvalue weighted by Crippen LogP contribution is -2.35. The fourth-order valence-electron chi connectivity index (χ4n) is 2.05. The number of amides is 2. The van der Waals surface area contributed by atoms with E-state index < -0.39 is 17.8 Å². The molecule has 0 N–H and O–H groups in total. The molecule has 2 rings (SSSR count). The van der Waals surface area contributed by atoms with Crippen LogP contribution in [0.1, 0.15) is 18.9 Å². The highest BCUT2D eigenvalue weighted by Crippen LogP contribution is 2.29. The molecule has 7 heteroatoms. The van der Waals surface area contributed by atoms with Crippen molar-refractivity contribution in [3.05, 3.63) is 39.4 Å². The third-order valence-corrected chi connectivity index (χ3v) is 3.90. The van der Waals surface area contributed by atoms with E-state index in [2.05, 4.69) is 0 Å². The molecule has 1 aliphatic rings. The van der Waals surface area contributed by atoms with Gasteiger partial charge in [0.1, 0.15) is 6.54 Å². The minimum atomic E-state index is -0.619. The quantitative estimate of drug-likeness (QED) is 0.479. The van der Waals surface area contributed by atoms with E-state index in [4.69, 9.17) is 27.9 Å². The van der Waals surface area contributed by atoms with Crippen molar-refractivity contribution in [1.29, 1.82) is 0 Å². The van der Waals surface area contributed by atoms with Crippen molar-refractivity contribution in [2.45, 2.75) is 13.3 Å². The topological polar surface area (TPSA) is 63.7 Å². The predicted molar refractivity (Wildman–Crippen MR) is 82.4 cm³/mol. The van der Waals surface area contributed by atoms with Crippen LogP contribution in [0.25, 0.3) is 6.08 Å². The molecule has 0 aromatic heterocycles. The predicted octanol–water partition coefficient (Wildman–Crippen LogP) is 2.70. The molecule has 2 amide bonds.